The Kier molecular flexibility index (Phi) is 4.55. The molecule has 0 spiro atoms. The third kappa shape index (κ3) is 3.27. The molecule has 2 saturated heterocycles. The van der Waals surface area contributed by atoms with Crippen molar-refractivity contribution in [2.75, 3.05) is 26.2 Å². The fourth-order valence-electron chi connectivity index (χ4n) is 3.29. The Balaban J connectivity index is 1.71. The van der Waals surface area contributed by atoms with Crippen LogP contribution in [0.25, 0.3) is 0 Å². The zero-order valence-corrected chi connectivity index (χ0v) is 13.8. The van der Waals surface area contributed by atoms with Crippen LogP contribution in [0.5, 0.6) is 0 Å². The van der Waals surface area contributed by atoms with E-state index in [1.807, 2.05) is 6.92 Å². The van der Waals surface area contributed by atoms with E-state index in [0.29, 0.717) is 5.91 Å². The van der Waals surface area contributed by atoms with Gasteiger partial charge in [-0.15, -0.1) is 11.8 Å². The highest BCUT2D eigenvalue weighted by atomic mass is 32.2. The van der Waals surface area contributed by atoms with Gasteiger partial charge in [-0.3, -0.25) is 4.79 Å². The summed E-state index contributed by atoms with van der Waals surface area (Å²) in [5.41, 5.74) is 2.54. The number of rotatable bonds is 4. The van der Waals surface area contributed by atoms with E-state index < -0.39 is 0 Å². The van der Waals surface area contributed by atoms with Crippen LogP contribution in [0.15, 0.2) is 24.3 Å². The normalized spacial score (nSPS) is 26.8. The van der Waals surface area contributed by atoms with Gasteiger partial charge in [0.25, 0.3) is 0 Å². The van der Waals surface area contributed by atoms with E-state index in [1.54, 1.807) is 16.7 Å². The van der Waals surface area contributed by atoms with Gasteiger partial charge in [0.05, 0.1) is 31.4 Å². The number of likely N-dealkylation sites (tertiary alicyclic amines) is 1. The molecule has 1 N–H and O–H groups in total. The molecule has 2 heterocycles. The van der Waals surface area contributed by atoms with Crippen LogP contribution in [0.1, 0.15) is 36.3 Å². The Labute approximate surface area is 131 Å². The van der Waals surface area contributed by atoms with Gasteiger partial charge in [-0.1, -0.05) is 29.8 Å². The van der Waals surface area contributed by atoms with E-state index in [9.17, 15) is 4.79 Å². The summed E-state index contributed by atoms with van der Waals surface area (Å²) in [6, 6.07) is 8.64. The SMILES string of the molecule is Cc1ccc([C@H]2S[C@@H](C)C(=O)N2CC[NH+]2CCCC2)cc1. The predicted molar refractivity (Wildman–Crippen MR) is 87.5 cm³/mol. The summed E-state index contributed by atoms with van der Waals surface area (Å²) in [5.74, 6) is 0.309. The number of aryl methyl sites for hydroxylation is 1. The van der Waals surface area contributed by atoms with Gasteiger partial charge in [0.15, 0.2) is 0 Å². The molecule has 1 aromatic carbocycles. The summed E-state index contributed by atoms with van der Waals surface area (Å²) >= 11 is 1.79. The van der Waals surface area contributed by atoms with Crippen molar-refractivity contribution >= 4 is 17.7 Å². The van der Waals surface area contributed by atoms with Crippen molar-refractivity contribution in [1.29, 1.82) is 0 Å². The van der Waals surface area contributed by atoms with Crippen LogP contribution in [-0.2, 0) is 4.79 Å². The van der Waals surface area contributed by atoms with Crippen molar-refractivity contribution in [3.8, 4) is 0 Å². The number of carbonyl (C=O) groups excluding carboxylic acids is 1. The maximum absolute atomic E-state index is 12.5. The van der Waals surface area contributed by atoms with E-state index >= 15 is 0 Å². The van der Waals surface area contributed by atoms with Crippen molar-refractivity contribution in [3.63, 3.8) is 0 Å². The van der Waals surface area contributed by atoms with Crippen LogP contribution >= 0.6 is 11.8 Å². The average Bonchev–Trinajstić information content (AvgIpc) is 3.08. The van der Waals surface area contributed by atoms with Crippen molar-refractivity contribution in [2.24, 2.45) is 0 Å². The van der Waals surface area contributed by atoms with Crippen molar-refractivity contribution in [1.82, 2.24) is 4.90 Å². The maximum atomic E-state index is 12.5. The number of nitrogens with zero attached hydrogens (tertiary/aromatic N) is 1. The highest BCUT2D eigenvalue weighted by molar-refractivity contribution is 8.01. The molecule has 0 bridgehead atoms. The molecule has 21 heavy (non-hydrogen) atoms. The Hall–Kier alpha value is -1.00. The first-order valence-electron chi connectivity index (χ1n) is 8.01. The third-order valence-electron chi connectivity index (χ3n) is 4.63. The lowest BCUT2D eigenvalue weighted by Gasteiger charge is -2.25. The molecule has 0 radical (unpaired) electrons. The number of carbonyl (C=O) groups is 1. The molecule has 1 aromatic rings. The first-order valence-corrected chi connectivity index (χ1v) is 8.95. The van der Waals surface area contributed by atoms with Gasteiger partial charge in [-0.05, 0) is 19.4 Å². The predicted octanol–water partition coefficient (Wildman–Crippen LogP) is 1.64. The largest absolute Gasteiger partial charge is 0.333 e. The summed E-state index contributed by atoms with van der Waals surface area (Å²) in [5, 5.41) is 0.292. The topological polar surface area (TPSA) is 24.8 Å². The van der Waals surface area contributed by atoms with Gasteiger partial charge in [0.1, 0.15) is 5.37 Å². The van der Waals surface area contributed by atoms with Crippen LogP contribution in [0.2, 0.25) is 0 Å². The molecule has 0 unspecified atom stereocenters. The molecule has 3 rings (SSSR count). The Morgan fingerprint density at radius 1 is 1.24 bits per heavy atom. The fraction of sp³-hybridized carbons (Fsp3) is 0.588. The maximum Gasteiger partial charge on any atom is 0.236 e. The number of quaternary nitrogens is 1. The molecule has 2 aliphatic heterocycles. The molecule has 2 aliphatic rings. The van der Waals surface area contributed by atoms with E-state index in [-0.39, 0.29) is 10.6 Å². The smallest absolute Gasteiger partial charge is 0.236 e. The second kappa shape index (κ2) is 6.41. The second-order valence-electron chi connectivity index (χ2n) is 6.28. The molecule has 114 valence electrons. The highest BCUT2D eigenvalue weighted by Crippen LogP contribution is 2.42. The minimum Gasteiger partial charge on any atom is -0.333 e. The second-order valence-corrected chi connectivity index (χ2v) is 7.71. The van der Waals surface area contributed by atoms with Crippen LogP contribution in [-0.4, -0.2) is 42.2 Å². The van der Waals surface area contributed by atoms with E-state index in [4.69, 9.17) is 0 Å². The molecule has 0 aliphatic carbocycles. The van der Waals surface area contributed by atoms with Crippen LogP contribution < -0.4 is 4.90 Å². The third-order valence-corrected chi connectivity index (χ3v) is 6.02. The molecular formula is C17H25N2OS+. The Morgan fingerprint density at radius 2 is 1.90 bits per heavy atom. The number of benzene rings is 1. The van der Waals surface area contributed by atoms with Gasteiger partial charge in [-0.2, -0.15) is 0 Å². The van der Waals surface area contributed by atoms with Crippen molar-refractivity contribution in [3.05, 3.63) is 35.4 Å². The number of hydrogen-bond donors (Lipinski definition) is 1. The highest BCUT2D eigenvalue weighted by Gasteiger charge is 2.38. The number of amides is 1. The van der Waals surface area contributed by atoms with Crippen molar-refractivity contribution in [2.45, 2.75) is 37.3 Å². The van der Waals surface area contributed by atoms with Gasteiger partial charge in [0, 0.05) is 12.8 Å². The molecule has 4 heteroatoms. The lowest BCUT2D eigenvalue weighted by molar-refractivity contribution is -0.886. The Morgan fingerprint density at radius 3 is 2.57 bits per heavy atom. The summed E-state index contributed by atoms with van der Waals surface area (Å²) in [4.78, 5) is 16.2. The lowest BCUT2D eigenvalue weighted by atomic mass is 10.1. The summed E-state index contributed by atoms with van der Waals surface area (Å²) in [6.45, 7) is 8.69. The first kappa shape index (κ1) is 14.9. The van der Waals surface area contributed by atoms with Gasteiger partial charge in [-0.25, -0.2) is 0 Å². The minimum atomic E-state index is 0.0879. The summed E-state index contributed by atoms with van der Waals surface area (Å²) < 4.78 is 0. The monoisotopic (exact) mass is 305 g/mol. The fourth-order valence-corrected chi connectivity index (χ4v) is 4.60. The summed E-state index contributed by atoms with van der Waals surface area (Å²) in [6.07, 6.45) is 2.69. The van der Waals surface area contributed by atoms with E-state index in [1.165, 1.54) is 37.1 Å². The average molecular weight is 305 g/mol. The van der Waals surface area contributed by atoms with E-state index in [0.717, 1.165) is 13.1 Å². The molecule has 2 fully saturated rings. The zero-order chi connectivity index (χ0) is 14.8. The molecule has 3 nitrogen and oxygen atoms in total. The minimum absolute atomic E-state index is 0.0879. The van der Waals surface area contributed by atoms with Gasteiger partial charge < -0.3 is 9.80 Å². The standard InChI is InChI=1S/C17H24N2OS/c1-13-5-7-15(8-6-13)17-19(16(20)14(2)21-17)12-11-18-9-3-4-10-18/h5-8,14,17H,3-4,9-12H2,1-2H3/p+1/t14-,17+/m0/s1. The zero-order valence-electron chi connectivity index (χ0n) is 13.0. The number of nitrogens with one attached hydrogen (secondary N) is 1. The first-order chi connectivity index (χ1) is 10.1. The van der Waals surface area contributed by atoms with Gasteiger partial charge in [0.2, 0.25) is 5.91 Å². The molecule has 0 saturated carbocycles. The Bertz CT molecular complexity index is 496. The molecule has 1 amide bonds. The van der Waals surface area contributed by atoms with Gasteiger partial charge >= 0.3 is 0 Å². The van der Waals surface area contributed by atoms with Crippen LogP contribution in [0, 0.1) is 6.92 Å². The van der Waals surface area contributed by atoms with Crippen LogP contribution in [0.4, 0.5) is 0 Å². The number of hydrogen-bond acceptors (Lipinski definition) is 2. The van der Waals surface area contributed by atoms with E-state index in [2.05, 4.69) is 36.1 Å². The van der Waals surface area contributed by atoms with Crippen molar-refractivity contribution < 1.29 is 9.69 Å². The number of thioether (sulfide) groups is 1. The molecule has 0 aromatic heterocycles. The van der Waals surface area contributed by atoms with Crippen LogP contribution in [0.3, 0.4) is 0 Å². The molecule has 2 atom stereocenters. The summed E-state index contributed by atoms with van der Waals surface area (Å²) in [7, 11) is 0. The lowest BCUT2D eigenvalue weighted by Crippen LogP contribution is -3.10. The quantitative estimate of drug-likeness (QED) is 0.915. The molecular weight excluding hydrogens is 280 g/mol.